The van der Waals surface area contributed by atoms with Crippen molar-refractivity contribution in [3.8, 4) is 0 Å². The number of halogens is 3. The van der Waals surface area contributed by atoms with Gasteiger partial charge in [0.05, 0.1) is 12.6 Å². The molecular formula is C15H17F3N2O4. The highest BCUT2D eigenvalue weighted by molar-refractivity contribution is 5.83. The number of hydrogen-bond acceptors (Lipinski definition) is 4. The number of alkyl halides is 3. The number of amides is 2. The van der Waals surface area contributed by atoms with E-state index in [1.54, 1.807) is 18.2 Å². The number of benzene rings is 1. The molecule has 0 aliphatic carbocycles. The maximum absolute atomic E-state index is 13.6. The summed E-state index contributed by atoms with van der Waals surface area (Å²) < 4.78 is 45.6. The molecule has 0 bridgehead atoms. The van der Waals surface area contributed by atoms with Gasteiger partial charge in [-0.05, 0) is 12.5 Å². The van der Waals surface area contributed by atoms with Gasteiger partial charge in [-0.2, -0.15) is 13.2 Å². The first-order chi connectivity index (χ1) is 11.1. The average molecular weight is 346 g/mol. The molecule has 0 saturated carbocycles. The minimum absolute atomic E-state index is 0.0774. The van der Waals surface area contributed by atoms with E-state index in [2.05, 4.69) is 5.32 Å². The molecule has 9 heteroatoms. The number of nitrogens with one attached hydrogen (secondary N) is 1. The van der Waals surface area contributed by atoms with Crippen LogP contribution in [-0.4, -0.2) is 47.6 Å². The first-order valence-electron chi connectivity index (χ1n) is 7.19. The third kappa shape index (κ3) is 2.79. The van der Waals surface area contributed by atoms with E-state index >= 15 is 0 Å². The summed E-state index contributed by atoms with van der Waals surface area (Å²) in [6, 6.07) is 5.11. The molecule has 0 unspecified atom stereocenters. The van der Waals surface area contributed by atoms with E-state index < -0.39 is 35.9 Å². The highest BCUT2D eigenvalue weighted by Crippen LogP contribution is 2.46. The Morgan fingerprint density at radius 1 is 1.38 bits per heavy atom. The Morgan fingerprint density at radius 3 is 2.46 bits per heavy atom. The summed E-state index contributed by atoms with van der Waals surface area (Å²) in [5, 5.41) is 12.7. The number of hydrogen-bond donors (Lipinski definition) is 2. The third-order valence-electron chi connectivity index (χ3n) is 3.98. The Bertz CT molecular complexity index is 623. The highest BCUT2D eigenvalue weighted by atomic mass is 19.4. The van der Waals surface area contributed by atoms with Gasteiger partial charge in [-0.1, -0.05) is 30.3 Å². The Morgan fingerprint density at radius 2 is 1.96 bits per heavy atom. The quantitative estimate of drug-likeness (QED) is 0.819. The first kappa shape index (κ1) is 18.1. The van der Waals surface area contributed by atoms with Gasteiger partial charge >= 0.3 is 18.2 Å². The van der Waals surface area contributed by atoms with Crippen molar-refractivity contribution in [1.29, 1.82) is 0 Å². The van der Waals surface area contributed by atoms with Crippen LogP contribution in [0.4, 0.5) is 18.0 Å². The minimum atomic E-state index is -5.26. The van der Waals surface area contributed by atoms with Gasteiger partial charge < -0.3 is 15.2 Å². The van der Waals surface area contributed by atoms with Gasteiger partial charge in [-0.25, -0.2) is 4.79 Å². The number of carbonyl (C=O) groups excluding carboxylic acids is 2. The van der Waals surface area contributed by atoms with Gasteiger partial charge in [0.1, 0.15) is 5.92 Å². The van der Waals surface area contributed by atoms with E-state index in [4.69, 9.17) is 4.74 Å². The third-order valence-corrected chi connectivity index (χ3v) is 3.98. The van der Waals surface area contributed by atoms with Crippen LogP contribution in [0.5, 0.6) is 0 Å². The molecule has 2 N–H and O–H groups in total. The van der Waals surface area contributed by atoms with Crippen molar-refractivity contribution < 1.29 is 32.6 Å². The van der Waals surface area contributed by atoms with E-state index in [1.807, 2.05) is 0 Å². The largest absolute Gasteiger partial charge is 0.466 e. The maximum atomic E-state index is 13.6. The molecule has 1 aliphatic rings. The number of nitrogens with zero attached hydrogens (tertiary/aromatic N) is 1. The molecule has 1 aromatic rings. The maximum Gasteiger partial charge on any atom is 0.437 e. The zero-order valence-electron chi connectivity index (χ0n) is 13.0. The van der Waals surface area contributed by atoms with Crippen LogP contribution in [0.3, 0.4) is 0 Å². The van der Waals surface area contributed by atoms with Gasteiger partial charge in [0.15, 0.2) is 0 Å². The molecule has 1 saturated heterocycles. The van der Waals surface area contributed by atoms with Crippen LogP contribution < -0.4 is 5.32 Å². The topological polar surface area (TPSA) is 78.9 Å². The van der Waals surface area contributed by atoms with Gasteiger partial charge in [0.2, 0.25) is 0 Å². The van der Waals surface area contributed by atoms with E-state index in [9.17, 15) is 27.9 Å². The normalized spacial score (nSPS) is 27.6. The monoisotopic (exact) mass is 346 g/mol. The fourth-order valence-corrected chi connectivity index (χ4v) is 2.74. The second-order valence-corrected chi connectivity index (χ2v) is 5.35. The molecule has 24 heavy (non-hydrogen) atoms. The van der Waals surface area contributed by atoms with Crippen molar-refractivity contribution in [1.82, 2.24) is 10.2 Å². The van der Waals surface area contributed by atoms with Crippen molar-refractivity contribution in [2.75, 3.05) is 13.7 Å². The van der Waals surface area contributed by atoms with Gasteiger partial charge in [0.25, 0.3) is 5.72 Å². The highest BCUT2D eigenvalue weighted by Gasteiger charge is 2.69. The Balaban J connectivity index is 2.61. The van der Waals surface area contributed by atoms with Crippen molar-refractivity contribution in [2.45, 2.75) is 24.9 Å². The van der Waals surface area contributed by atoms with Crippen LogP contribution in [0.2, 0.25) is 0 Å². The smallest absolute Gasteiger partial charge is 0.437 e. The molecule has 1 aliphatic heterocycles. The second kappa shape index (κ2) is 6.31. The molecule has 0 radical (unpaired) electrons. The number of urea groups is 1. The number of aliphatic hydroxyl groups is 1. The lowest BCUT2D eigenvalue weighted by Gasteiger charge is -2.49. The van der Waals surface area contributed by atoms with Crippen LogP contribution in [0.25, 0.3) is 0 Å². The van der Waals surface area contributed by atoms with Crippen LogP contribution in [-0.2, 0) is 9.53 Å². The molecule has 2 rings (SSSR count). The lowest BCUT2D eigenvalue weighted by atomic mass is 9.81. The van der Waals surface area contributed by atoms with Gasteiger partial charge in [0, 0.05) is 7.05 Å². The van der Waals surface area contributed by atoms with E-state index in [-0.39, 0.29) is 17.1 Å². The van der Waals surface area contributed by atoms with Crippen LogP contribution >= 0.6 is 0 Å². The number of carbonyl (C=O) groups is 2. The Hall–Kier alpha value is -2.29. The molecule has 132 valence electrons. The van der Waals surface area contributed by atoms with E-state index in [0.717, 1.165) is 7.05 Å². The lowest BCUT2D eigenvalue weighted by Crippen LogP contribution is -2.73. The fraction of sp³-hybridized carbons (Fsp3) is 0.467. The molecule has 1 heterocycles. The van der Waals surface area contributed by atoms with Crippen molar-refractivity contribution in [3.63, 3.8) is 0 Å². The van der Waals surface area contributed by atoms with Crippen LogP contribution in [0, 0.1) is 5.92 Å². The summed E-state index contributed by atoms with van der Waals surface area (Å²) in [6.07, 6.45) is -5.26. The SMILES string of the molecule is CCOC(=O)[C@@H]1[C@@H](c2ccccc2)NC(=O)N(C)[C@@]1(O)C(F)(F)F. The fourth-order valence-electron chi connectivity index (χ4n) is 2.74. The molecule has 1 aromatic carbocycles. The standard InChI is InChI=1S/C15H17F3N2O4/c1-3-24-12(21)10-11(9-7-5-4-6-8-9)19-13(22)20(2)14(10,23)15(16,17)18/h4-8,10-11,23H,3H2,1-2H3,(H,19,22)/t10-,11+,14-/m0/s1. The number of esters is 1. The summed E-state index contributed by atoms with van der Waals surface area (Å²) in [5.74, 6) is -3.33. The van der Waals surface area contributed by atoms with Crippen molar-refractivity contribution >= 4 is 12.0 Å². The van der Waals surface area contributed by atoms with E-state index in [1.165, 1.54) is 19.1 Å². The van der Waals surface area contributed by atoms with E-state index in [0.29, 0.717) is 0 Å². The van der Waals surface area contributed by atoms with Gasteiger partial charge in [-0.3, -0.25) is 9.69 Å². The lowest BCUT2D eigenvalue weighted by molar-refractivity contribution is -0.328. The predicted molar refractivity (Wildman–Crippen MR) is 76.6 cm³/mol. The molecule has 2 amide bonds. The average Bonchev–Trinajstić information content (AvgIpc) is 2.52. The summed E-state index contributed by atoms with van der Waals surface area (Å²) in [5.41, 5.74) is -3.44. The van der Waals surface area contributed by atoms with Crippen molar-refractivity contribution in [2.24, 2.45) is 5.92 Å². The molecule has 3 atom stereocenters. The Labute approximate surface area is 136 Å². The minimum Gasteiger partial charge on any atom is -0.466 e. The Kier molecular flexibility index (Phi) is 4.75. The summed E-state index contributed by atoms with van der Waals surface area (Å²) >= 11 is 0. The summed E-state index contributed by atoms with van der Waals surface area (Å²) in [7, 11) is 0.774. The summed E-state index contributed by atoms with van der Waals surface area (Å²) in [6.45, 7) is 1.27. The van der Waals surface area contributed by atoms with Crippen LogP contribution in [0.1, 0.15) is 18.5 Å². The number of rotatable bonds is 3. The number of ether oxygens (including phenoxy) is 1. The molecular weight excluding hydrogens is 329 g/mol. The van der Waals surface area contributed by atoms with Gasteiger partial charge in [-0.15, -0.1) is 0 Å². The molecule has 1 fully saturated rings. The van der Waals surface area contributed by atoms with Crippen LogP contribution in [0.15, 0.2) is 30.3 Å². The first-order valence-corrected chi connectivity index (χ1v) is 7.19. The summed E-state index contributed by atoms with van der Waals surface area (Å²) in [4.78, 5) is 24.3. The van der Waals surface area contributed by atoms with Crippen molar-refractivity contribution in [3.05, 3.63) is 35.9 Å². The second-order valence-electron chi connectivity index (χ2n) is 5.35. The molecule has 0 aromatic heterocycles. The molecule has 0 spiro atoms. The zero-order valence-corrected chi connectivity index (χ0v) is 13.0. The zero-order chi connectivity index (χ0) is 18.1. The predicted octanol–water partition coefficient (Wildman–Crippen LogP) is 1.81. The molecule has 6 nitrogen and oxygen atoms in total.